The maximum Gasteiger partial charge on any atom is 0.417 e. The summed E-state index contributed by atoms with van der Waals surface area (Å²) in [5.41, 5.74) is -1.90. The van der Waals surface area contributed by atoms with Crippen molar-refractivity contribution in [3.8, 4) is 0 Å². The molecular formula is C17H25NO5. The van der Waals surface area contributed by atoms with Crippen LogP contribution in [0.25, 0.3) is 0 Å². The lowest BCUT2D eigenvalue weighted by Gasteiger charge is -2.31. The monoisotopic (exact) mass is 323 g/mol. The second-order valence-corrected chi connectivity index (χ2v) is 8.68. The molecule has 2 amide bonds. The third-order valence-corrected chi connectivity index (χ3v) is 6.50. The molecule has 1 N–H and O–H groups in total. The van der Waals surface area contributed by atoms with Crippen LogP contribution in [0.4, 0.5) is 4.79 Å². The average molecular weight is 323 g/mol. The van der Waals surface area contributed by atoms with Gasteiger partial charge in [-0.1, -0.05) is 20.3 Å². The summed E-state index contributed by atoms with van der Waals surface area (Å²) in [5.74, 6) is -1.50. The number of carbonyl (C=O) groups excluding carboxylic acids is 2. The van der Waals surface area contributed by atoms with Crippen molar-refractivity contribution in [1.29, 1.82) is 0 Å². The lowest BCUT2D eigenvalue weighted by atomic mass is 9.73. The molecule has 6 nitrogen and oxygen atoms in total. The van der Waals surface area contributed by atoms with Crippen molar-refractivity contribution in [2.75, 3.05) is 0 Å². The summed E-state index contributed by atoms with van der Waals surface area (Å²) in [4.78, 5) is 38.1. The maximum atomic E-state index is 13.1. The summed E-state index contributed by atoms with van der Waals surface area (Å²) in [6.45, 7) is 9.16. The molecule has 0 bridgehead atoms. The van der Waals surface area contributed by atoms with Gasteiger partial charge in [0.05, 0.1) is 5.41 Å². The summed E-state index contributed by atoms with van der Waals surface area (Å²) in [5, 5.41) is 9.54. The number of likely N-dealkylation sites (tertiary alicyclic amines) is 1. The molecule has 3 rings (SSSR count). The Morgan fingerprint density at radius 2 is 1.83 bits per heavy atom. The molecule has 3 fully saturated rings. The number of amides is 2. The zero-order valence-corrected chi connectivity index (χ0v) is 14.4. The highest BCUT2D eigenvalue weighted by molar-refractivity contribution is 6.05. The molecule has 1 heterocycles. The Balaban J connectivity index is 1.96. The van der Waals surface area contributed by atoms with Gasteiger partial charge in [0, 0.05) is 0 Å². The number of carbonyl (C=O) groups is 3. The van der Waals surface area contributed by atoms with Crippen LogP contribution < -0.4 is 0 Å². The summed E-state index contributed by atoms with van der Waals surface area (Å²) in [6, 6.07) is -1.13. The van der Waals surface area contributed by atoms with E-state index < -0.39 is 29.1 Å². The van der Waals surface area contributed by atoms with Gasteiger partial charge in [-0.05, 0) is 50.9 Å². The van der Waals surface area contributed by atoms with Gasteiger partial charge in [0.15, 0.2) is 0 Å². The lowest BCUT2D eigenvalue weighted by Crippen LogP contribution is -2.46. The van der Waals surface area contributed by atoms with Crippen LogP contribution in [0.1, 0.15) is 60.3 Å². The van der Waals surface area contributed by atoms with Gasteiger partial charge in [0.1, 0.15) is 11.6 Å². The fourth-order valence-corrected chi connectivity index (χ4v) is 5.20. The standard InChI is InChI=1S/C17H25NO5/c1-14(2,3)23-13(22)18-10(11(19)20)9-17(12(18)21)15(4,5)16(17)7-6-8-16/h10H,6-9H2,1-5H3,(H,19,20)/t10-,17+/m0/s1. The number of hydrogen-bond donors (Lipinski definition) is 1. The van der Waals surface area contributed by atoms with Crippen LogP contribution in [0.5, 0.6) is 0 Å². The second kappa shape index (κ2) is 4.28. The van der Waals surface area contributed by atoms with Gasteiger partial charge in [-0.25, -0.2) is 14.5 Å². The first-order valence-corrected chi connectivity index (χ1v) is 8.21. The normalized spacial score (nSPS) is 33.7. The third-order valence-electron chi connectivity index (χ3n) is 6.50. The zero-order chi connectivity index (χ0) is 17.4. The van der Waals surface area contributed by atoms with Crippen molar-refractivity contribution < 1.29 is 24.2 Å². The van der Waals surface area contributed by atoms with Crippen LogP contribution in [0.3, 0.4) is 0 Å². The van der Waals surface area contributed by atoms with Crippen LogP contribution in [-0.4, -0.2) is 39.6 Å². The molecule has 1 aliphatic heterocycles. The number of hydrogen-bond acceptors (Lipinski definition) is 4. The average Bonchev–Trinajstić information content (AvgIpc) is 2.58. The van der Waals surface area contributed by atoms with Crippen molar-refractivity contribution >= 4 is 18.0 Å². The fourth-order valence-electron chi connectivity index (χ4n) is 5.20. The Morgan fingerprint density at radius 1 is 1.26 bits per heavy atom. The first kappa shape index (κ1) is 16.3. The second-order valence-electron chi connectivity index (χ2n) is 8.68. The molecule has 2 atom stereocenters. The van der Waals surface area contributed by atoms with Crippen LogP contribution in [-0.2, 0) is 14.3 Å². The summed E-state index contributed by atoms with van der Waals surface area (Å²) in [7, 11) is 0. The van der Waals surface area contributed by atoms with Gasteiger partial charge in [-0.2, -0.15) is 0 Å². The first-order chi connectivity index (χ1) is 10.4. The number of aliphatic carboxylic acids is 1. The number of fused-ring (bicyclic) bond motifs is 1. The van der Waals surface area contributed by atoms with Gasteiger partial charge in [0.2, 0.25) is 5.91 Å². The molecule has 3 aliphatic rings. The molecule has 0 aromatic rings. The molecule has 2 saturated carbocycles. The Kier molecular flexibility index (Phi) is 3.03. The van der Waals surface area contributed by atoms with Crippen molar-refractivity contribution in [3.05, 3.63) is 0 Å². The predicted octanol–water partition coefficient (Wildman–Crippen LogP) is 2.80. The van der Waals surface area contributed by atoms with E-state index in [0.717, 1.165) is 24.2 Å². The lowest BCUT2D eigenvalue weighted by molar-refractivity contribution is -0.146. The fraction of sp³-hybridized carbons (Fsp3) is 0.824. The van der Waals surface area contributed by atoms with E-state index in [1.807, 2.05) is 13.8 Å². The Bertz CT molecular complexity index is 599. The Morgan fingerprint density at radius 3 is 2.17 bits per heavy atom. The molecule has 128 valence electrons. The number of nitrogens with zero attached hydrogens (tertiary/aromatic N) is 1. The van der Waals surface area contributed by atoms with Gasteiger partial charge in [-0.3, -0.25) is 4.79 Å². The van der Waals surface area contributed by atoms with Gasteiger partial charge >= 0.3 is 12.1 Å². The van der Waals surface area contributed by atoms with E-state index in [-0.39, 0.29) is 23.2 Å². The summed E-state index contributed by atoms with van der Waals surface area (Å²) < 4.78 is 5.28. The molecule has 0 unspecified atom stereocenters. The summed E-state index contributed by atoms with van der Waals surface area (Å²) in [6.07, 6.45) is 2.28. The van der Waals surface area contributed by atoms with Gasteiger partial charge in [0.25, 0.3) is 0 Å². The van der Waals surface area contributed by atoms with Crippen LogP contribution in [0.15, 0.2) is 0 Å². The molecule has 1 saturated heterocycles. The highest BCUT2D eigenvalue weighted by atomic mass is 16.6. The minimum Gasteiger partial charge on any atom is -0.480 e. The third kappa shape index (κ3) is 1.72. The van der Waals surface area contributed by atoms with E-state index in [9.17, 15) is 19.5 Å². The summed E-state index contributed by atoms with van der Waals surface area (Å²) >= 11 is 0. The van der Waals surface area contributed by atoms with Crippen molar-refractivity contribution in [2.45, 2.75) is 71.9 Å². The minimum absolute atomic E-state index is 0.137. The van der Waals surface area contributed by atoms with E-state index in [0.29, 0.717) is 0 Å². The van der Waals surface area contributed by atoms with Gasteiger partial charge < -0.3 is 9.84 Å². The number of imide groups is 1. The van der Waals surface area contributed by atoms with Crippen LogP contribution >= 0.6 is 0 Å². The Hall–Kier alpha value is -1.59. The van der Waals surface area contributed by atoms with E-state index in [1.54, 1.807) is 20.8 Å². The first-order valence-electron chi connectivity index (χ1n) is 8.21. The molecular weight excluding hydrogens is 298 g/mol. The van der Waals surface area contributed by atoms with Gasteiger partial charge in [-0.15, -0.1) is 0 Å². The number of ether oxygens (including phenoxy) is 1. The predicted molar refractivity (Wildman–Crippen MR) is 81.6 cm³/mol. The number of carboxylic acid groups (broad SMARTS) is 1. The van der Waals surface area contributed by atoms with E-state index >= 15 is 0 Å². The molecule has 23 heavy (non-hydrogen) atoms. The van der Waals surface area contributed by atoms with Crippen LogP contribution in [0, 0.1) is 16.2 Å². The molecule has 2 spiro atoms. The largest absolute Gasteiger partial charge is 0.480 e. The molecule has 0 aromatic heterocycles. The zero-order valence-electron chi connectivity index (χ0n) is 14.4. The van der Waals surface area contributed by atoms with E-state index in [2.05, 4.69) is 0 Å². The highest BCUT2D eigenvalue weighted by Crippen LogP contribution is 2.88. The van der Waals surface area contributed by atoms with Crippen molar-refractivity contribution in [3.63, 3.8) is 0 Å². The SMILES string of the molecule is CC(C)(C)OC(=O)N1C(=O)[C@]2(C[C@H]1C(=O)O)C(C)(C)C21CCC1. The molecule has 6 heteroatoms. The van der Waals surface area contributed by atoms with E-state index in [1.165, 1.54) is 0 Å². The van der Waals surface area contributed by atoms with Crippen molar-refractivity contribution in [2.24, 2.45) is 16.2 Å². The topological polar surface area (TPSA) is 83.9 Å². The minimum atomic E-state index is -1.14. The van der Waals surface area contributed by atoms with E-state index in [4.69, 9.17) is 4.74 Å². The maximum absolute atomic E-state index is 13.1. The van der Waals surface area contributed by atoms with Crippen LogP contribution in [0.2, 0.25) is 0 Å². The quantitative estimate of drug-likeness (QED) is 0.802. The Labute approximate surface area is 136 Å². The molecule has 0 aromatic carbocycles. The molecule has 0 radical (unpaired) electrons. The highest BCUT2D eigenvalue weighted by Gasteiger charge is 2.89. The number of carboxylic acids is 1. The molecule has 2 aliphatic carbocycles. The van der Waals surface area contributed by atoms with Crippen molar-refractivity contribution in [1.82, 2.24) is 4.90 Å². The smallest absolute Gasteiger partial charge is 0.417 e. The number of rotatable bonds is 1.